The van der Waals surface area contributed by atoms with E-state index < -0.39 is 0 Å². The lowest BCUT2D eigenvalue weighted by Crippen LogP contribution is -2.45. The van der Waals surface area contributed by atoms with E-state index in [1.165, 1.54) is 31.2 Å². The fraction of sp³-hybridized carbons (Fsp3) is 0.611. The Morgan fingerprint density at radius 2 is 2.05 bits per heavy atom. The van der Waals surface area contributed by atoms with E-state index in [9.17, 15) is 4.79 Å². The number of likely N-dealkylation sites (N-methyl/N-ethyl adjacent to an activating group) is 1. The zero-order chi connectivity index (χ0) is 14.8. The molecule has 0 aromatic heterocycles. The topological polar surface area (TPSA) is 23.6 Å². The second kappa shape index (κ2) is 6.18. The van der Waals surface area contributed by atoms with E-state index >= 15 is 0 Å². The van der Waals surface area contributed by atoms with Crippen LogP contribution < -0.4 is 4.90 Å². The lowest BCUT2D eigenvalue weighted by atomic mass is 9.85. The average molecular weight is 286 g/mol. The summed E-state index contributed by atoms with van der Waals surface area (Å²) in [5.41, 5.74) is 2.42. The first kappa shape index (κ1) is 14.6. The van der Waals surface area contributed by atoms with Gasteiger partial charge in [0.1, 0.15) is 0 Å². The number of carbonyl (C=O) groups excluding carboxylic acids is 1. The molecule has 1 amide bonds. The van der Waals surface area contributed by atoms with Crippen molar-refractivity contribution in [2.45, 2.75) is 45.1 Å². The third-order valence-electron chi connectivity index (χ3n) is 5.21. The quantitative estimate of drug-likeness (QED) is 0.852. The summed E-state index contributed by atoms with van der Waals surface area (Å²) in [4.78, 5) is 16.9. The van der Waals surface area contributed by atoms with Crippen molar-refractivity contribution in [3.05, 3.63) is 29.8 Å². The van der Waals surface area contributed by atoms with E-state index in [1.807, 2.05) is 11.0 Å². The van der Waals surface area contributed by atoms with Crippen LogP contribution in [0.15, 0.2) is 24.3 Å². The first-order chi connectivity index (χ1) is 10.2. The third kappa shape index (κ3) is 2.98. The lowest BCUT2D eigenvalue weighted by Gasteiger charge is -2.36. The second-order valence-corrected chi connectivity index (χ2v) is 6.67. The molecule has 0 spiro atoms. The summed E-state index contributed by atoms with van der Waals surface area (Å²) in [6.07, 6.45) is 6.18. The van der Waals surface area contributed by atoms with E-state index in [1.54, 1.807) is 0 Å². The van der Waals surface area contributed by atoms with Gasteiger partial charge in [-0.15, -0.1) is 0 Å². The van der Waals surface area contributed by atoms with Gasteiger partial charge >= 0.3 is 0 Å². The van der Waals surface area contributed by atoms with Crippen LogP contribution in [0.4, 0.5) is 5.69 Å². The summed E-state index contributed by atoms with van der Waals surface area (Å²) in [5, 5.41) is 0. The van der Waals surface area contributed by atoms with Crippen molar-refractivity contribution in [3.63, 3.8) is 0 Å². The van der Waals surface area contributed by atoms with Crippen LogP contribution in [0.25, 0.3) is 0 Å². The maximum atomic E-state index is 12.7. The van der Waals surface area contributed by atoms with E-state index in [-0.39, 0.29) is 5.91 Å². The van der Waals surface area contributed by atoms with Gasteiger partial charge in [0.25, 0.3) is 0 Å². The molecule has 1 aliphatic heterocycles. The summed E-state index contributed by atoms with van der Waals surface area (Å²) < 4.78 is 0. The number of para-hydroxylation sites is 1. The van der Waals surface area contributed by atoms with Crippen molar-refractivity contribution in [1.82, 2.24) is 4.90 Å². The summed E-state index contributed by atoms with van der Waals surface area (Å²) in [6.45, 7) is 3.71. The number of amides is 1. The van der Waals surface area contributed by atoms with Crippen LogP contribution in [0.3, 0.4) is 0 Å². The van der Waals surface area contributed by atoms with Crippen LogP contribution in [-0.2, 0) is 11.2 Å². The van der Waals surface area contributed by atoms with E-state index in [2.05, 4.69) is 37.1 Å². The van der Waals surface area contributed by atoms with Gasteiger partial charge in [-0.05, 0) is 43.9 Å². The van der Waals surface area contributed by atoms with Gasteiger partial charge in [-0.1, -0.05) is 38.0 Å². The van der Waals surface area contributed by atoms with Crippen LogP contribution in [0, 0.1) is 5.92 Å². The highest BCUT2D eigenvalue weighted by Crippen LogP contribution is 2.29. The molecule has 3 heteroatoms. The van der Waals surface area contributed by atoms with Gasteiger partial charge in [0.05, 0.1) is 6.54 Å². The SMILES string of the molecule is CC1CCCCC1N(C)CC(=O)N1CCc2ccccc21. The number of benzene rings is 1. The van der Waals surface area contributed by atoms with Crippen molar-refractivity contribution in [2.24, 2.45) is 5.92 Å². The molecule has 0 N–H and O–H groups in total. The van der Waals surface area contributed by atoms with E-state index in [4.69, 9.17) is 0 Å². The van der Waals surface area contributed by atoms with Gasteiger partial charge in [0.2, 0.25) is 5.91 Å². The van der Waals surface area contributed by atoms with Crippen LogP contribution in [0.5, 0.6) is 0 Å². The van der Waals surface area contributed by atoms with Crippen LogP contribution in [0.1, 0.15) is 38.2 Å². The number of rotatable bonds is 3. The normalized spacial score (nSPS) is 25.2. The molecule has 1 aliphatic carbocycles. The van der Waals surface area contributed by atoms with E-state index in [0.29, 0.717) is 18.5 Å². The van der Waals surface area contributed by atoms with Crippen molar-refractivity contribution >= 4 is 11.6 Å². The molecule has 3 rings (SSSR count). The summed E-state index contributed by atoms with van der Waals surface area (Å²) >= 11 is 0. The molecule has 1 aromatic rings. The fourth-order valence-electron chi connectivity index (χ4n) is 3.96. The zero-order valence-electron chi connectivity index (χ0n) is 13.2. The van der Waals surface area contributed by atoms with E-state index in [0.717, 1.165) is 18.7 Å². The maximum absolute atomic E-state index is 12.7. The zero-order valence-corrected chi connectivity index (χ0v) is 13.2. The molecule has 21 heavy (non-hydrogen) atoms. The van der Waals surface area contributed by atoms with Crippen LogP contribution in [0.2, 0.25) is 0 Å². The standard InChI is InChI=1S/C18H26N2O/c1-14-7-3-5-9-16(14)19(2)13-18(21)20-12-11-15-8-4-6-10-17(15)20/h4,6,8,10,14,16H,3,5,7,9,11-13H2,1-2H3. The maximum Gasteiger partial charge on any atom is 0.241 e. The number of nitrogens with zero attached hydrogens (tertiary/aromatic N) is 2. The molecule has 1 aromatic carbocycles. The van der Waals surface area contributed by atoms with Gasteiger partial charge in [-0.25, -0.2) is 0 Å². The number of hydrogen-bond donors (Lipinski definition) is 0. The van der Waals surface area contributed by atoms with Crippen LogP contribution in [-0.4, -0.2) is 37.0 Å². The minimum absolute atomic E-state index is 0.250. The van der Waals surface area contributed by atoms with Crippen LogP contribution >= 0.6 is 0 Å². The van der Waals surface area contributed by atoms with Gasteiger partial charge < -0.3 is 4.90 Å². The summed E-state index contributed by atoms with van der Waals surface area (Å²) in [5.74, 6) is 0.961. The first-order valence-corrected chi connectivity index (χ1v) is 8.25. The summed E-state index contributed by atoms with van der Waals surface area (Å²) in [6, 6.07) is 8.86. The van der Waals surface area contributed by atoms with Crippen molar-refractivity contribution in [3.8, 4) is 0 Å². The first-order valence-electron chi connectivity index (χ1n) is 8.25. The Morgan fingerprint density at radius 3 is 2.86 bits per heavy atom. The van der Waals surface area contributed by atoms with Gasteiger partial charge in [-0.2, -0.15) is 0 Å². The number of fused-ring (bicyclic) bond motifs is 1. The molecule has 1 fully saturated rings. The Balaban J connectivity index is 1.64. The molecular weight excluding hydrogens is 260 g/mol. The molecular formula is C18H26N2O. The van der Waals surface area contributed by atoms with Gasteiger partial charge in [-0.3, -0.25) is 9.69 Å². The molecule has 114 valence electrons. The highest BCUT2D eigenvalue weighted by molar-refractivity contribution is 5.96. The molecule has 0 bridgehead atoms. The second-order valence-electron chi connectivity index (χ2n) is 6.67. The van der Waals surface area contributed by atoms with Crippen molar-refractivity contribution < 1.29 is 4.79 Å². The minimum Gasteiger partial charge on any atom is -0.311 e. The number of anilines is 1. The molecule has 3 nitrogen and oxygen atoms in total. The molecule has 2 atom stereocenters. The fourth-order valence-corrected chi connectivity index (χ4v) is 3.96. The Kier molecular flexibility index (Phi) is 4.29. The molecule has 2 unspecified atom stereocenters. The van der Waals surface area contributed by atoms with Gasteiger partial charge in [0, 0.05) is 18.3 Å². The predicted octanol–water partition coefficient (Wildman–Crippen LogP) is 3.09. The molecule has 1 saturated carbocycles. The molecule has 1 heterocycles. The lowest BCUT2D eigenvalue weighted by molar-refractivity contribution is -0.120. The number of hydrogen-bond acceptors (Lipinski definition) is 2. The van der Waals surface area contributed by atoms with Crippen molar-refractivity contribution in [1.29, 1.82) is 0 Å². The Bertz CT molecular complexity index is 514. The molecule has 0 saturated heterocycles. The Hall–Kier alpha value is -1.35. The minimum atomic E-state index is 0.250. The van der Waals surface area contributed by atoms with Gasteiger partial charge in [0.15, 0.2) is 0 Å². The largest absolute Gasteiger partial charge is 0.311 e. The van der Waals surface area contributed by atoms with Crippen molar-refractivity contribution in [2.75, 3.05) is 25.0 Å². The number of carbonyl (C=O) groups is 1. The smallest absolute Gasteiger partial charge is 0.241 e. The Morgan fingerprint density at radius 1 is 1.29 bits per heavy atom. The average Bonchev–Trinajstić information content (AvgIpc) is 2.91. The monoisotopic (exact) mass is 286 g/mol. The predicted molar refractivity (Wildman–Crippen MR) is 86.5 cm³/mol. The highest BCUT2D eigenvalue weighted by Gasteiger charge is 2.29. The highest BCUT2D eigenvalue weighted by atomic mass is 16.2. The Labute approximate surface area is 127 Å². The third-order valence-corrected chi connectivity index (χ3v) is 5.21. The molecule has 0 radical (unpaired) electrons. The summed E-state index contributed by atoms with van der Waals surface area (Å²) in [7, 11) is 2.12. The molecule has 2 aliphatic rings.